The van der Waals surface area contributed by atoms with Gasteiger partial charge in [0.05, 0.1) is 32.7 Å². The molecule has 3 aliphatic rings. The number of carbonyl (C=O) groups excluding carboxylic acids is 2. The molecule has 0 bridgehead atoms. The Hall–Kier alpha value is -1.79. The van der Waals surface area contributed by atoms with Crippen LogP contribution in [-0.2, 0) is 4.79 Å². The monoisotopic (exact) mass is 405 g/mol. The van der Waals surface area contributed by atoms with Crippen molar-refractivity contribution in [2.75, 3.05) is 50.7 Å². The summed E-state index contributed by atoms with van der Waals surface area (Å²) in [4.78, 5) is 32.2. The first-order valence-electron chi connectivity index (χ1n) is 10.6. The van der Waals surface area contributed by atoms with Gasteiger partial charge in [-0.1, -0.05) is 17.7 Å². The second-order valence-corrected chi connectivity index (χ2v) is 8.59. The van der Waals surface area contributed by atoms with E-state index in [1.54, 1.807) is 9.80 Å². The summed E-state index contributed by atoms with van der Waals surface area (Å²) in [6.45, 7) is 6.73. The number of piperidine rings is 1. The van der Waals surface area contributed by atoms with E-state index in [-0.39, 0.29) is 18.0 Å². The number of rotatable bonds is 6. The fourth-order valence-corrected chi connectivity index (χ4v) is 4.89. The largest absolute Gasteiger partial charge is 0.360 e. The van der Waals surface area contributed by atoms with E-state index < -0.39 is 0 Å². The topological polar surface area (TPSA) is 48.3 Å². The third-order valence-corrected chi connectivity index (χ3v) is 6.57. The van der Waals surface area contributed by atoms with E-state index in [9.17, 15) is 9.59 Å². The lowest BCUT2D eigenvalue weighted by atomic mass is 10.0. The Labute approximate surface area is 172 Å². The van der Waals surface area contributed by atoms with Crippen LogP contribution in [0, 0.1) is 0 Å². The van der Waals surface area contributed by atoms with Gasteiger partial charge in [0, 0.05) is 23.8 Å². The number of piperazine rings is 1. The van der Waals surface area contributed by atoms with Crippen LogP contribution in [0.5, 0.6) is 0 Å². The molecule has 0 aliphatic carbocycles. The van der Waals surface area contributed by atoms with Crippen LogP contribution in [0.1, 0.15) is 32.1 Å². The average Bonchev–Trinajstić information content (AvgIpc) is 2.96. The summed E-state index contributed by atoms with van der Waals surface area (Å²) < 4.78 is 0. The van der Waals surface area contributed by atoms with Crippen molar-refractivity contribution in [3.05, 3.63) is 29.3 Å². The lowest BCUT2D eigenvalue weighted by Gasteiger charge is -2.33. The van der Waals surface area contributed by atoms with Crippen LogP contribution in [-0.4, -0.2) is 73.6 Å². The lowest BCUT2D eigenvalue weighted by molar-refractivity contribution is -0.900. The minimum atomic E-state index is -0.175. The second kappa shape index (κ2) is 8.70. The molecule has 152 valence electrons. The Morgan fingerprint density at radius 1 is 1.07 bits per heavy atom. The van der Waals surface area contributed by atoms with Gasteiger partial charge in [-0.3, -0.25) is 9.69 Å². The van der Waals surface area contributed by atoms with E-state index in [4.69, 9.17) is 11.6 Å². The molecule has 28 heavy (non-hydrogen) atoms. The fraction of sp³-hybridized carbons (Fsp3) is 0.619. The maximum Gasteiger partial charge on any atom is 0.327 e. The van der Waals surface area contributed by atoms with Crippen molar-refractivity contribution >= 4 is 29.2 Å². The molecule has 4 rings (SSSR count). The van der Waals surface area contributed by atoms with Crippen LogP contribution in [0.4, 0.5) is 10.5 Å². The Morgan fingerprint density at radius 2 is 1.89 bits per heavy atom. The molecule has 3 saturated heterocycles. The SMILES string of the molecule is O=C1[C@@H]2CCCCN2C(=O)N1CCCC[NH+]1CCN(c2cccc(Cl)c2)CC1. The van der Waals surface area contributed by atoms with Gasteiger partial charge in [0.15, 0.2) is 0 Å². The molecule has 7 heteroatoms. The molecule has 1 aromatic carbocycles. The normalized spacial score (nSPS) is 23.5. The van der Waals surface area contributed by atoms with Crippen molar-refractivity contribution in [2.24, 2.45) is 0 Å². The Bertz CT molecular complexity index is 696. The number of unbranched alkanes of at least 4 members (excludes halogenated alkanes) is 1. The average molecular weight is 406 g/mol. The van der Waals surface area contributed by atoms with Crippen molar-refractivity contribution in [2.45, 2.75) is 38.1 Å². The molecule has 3 aliphatic heterocycles. The van der Waals surface area contributed by atoms with Gasteiger partial charge in [-0.15, -0.1) is 0 Å². The predicted molar refractivity (Wildman–Crippen MR) is 110 cm³/mol. The molecule has 1 atom stereocenters. The molecule has 0 saturated carbocycles. The van der Waals surface area contributed by atoms with Crippen molar-refractivity contribution in [3.63, 3.8) is 0 Å². The maximum absolute atomic E-state index is 12.5. The number of nitrogens with one attached hydrogen (secondary N) is 1. The maximum atomic E-state index is 12.5. The van der Waals surface area contributed by atoms with Crippen molar-refractivity contribution in [1.82, 2.24) is 9.80 Å². The first-order chi connectivity index (χ1) is 13.6. The summed E-state index contributed by atoms with van der Waals surface area (Å²) >= 11 is 6.10. The first kappa shape index (κ1) is 19.5. The molecule has 0 spiro atoms. The van der Waals surface area contributed by atoms with E-state index in [0.717, 1.165) is 76.4 Å². The summed E-state index contributed by atoms with van der Waals surface area (Å²) in [5, 5.41) is 0.787. The smallest absolute Gasteiger partial charge is 0.327 e. The van der Waals surface area contributed by atoms with Gasteiger partial charge < -0.3 is 14.7 Å². The molecule has 3 amide bonds. The number of hydrogen-bond donors (Lipinski definition) is 1. The highest BCUT2D eigenvalue weighted by atomic mass is 35.5. The lowest BCUT2D eigenvalue weighted by Crippen LogP contribution is -3.14. The Kier molecular flexibility index (Phi) is 6.07. The minimum Gasteiger partial charge on any atom is -0.360 e. The van der Waals surface area contributed by atoms with Crippen LogP contribution in [0.15, 0.2) is 24.3 Å². The number of imide groups is 1. The van der Waals surface area contributed by atoms with E-state index in [2.05, 4.69) is 11.0 Å². The summed E-state index contributed by atoms with van der Waals surface area (Å²) in [5.74, 6) is 0.0344. The number of urea groups is 1. The predicted octanol–water partition coefficient (Wildman–Crippen LogP) is 1.64. The summed E-state index contributed by atoms with van der Waals surface area (Å²) in [5.41, 5.74) is 1.20. The van der Waals surface area contributed by atoms with Crippen LogP contribution in [0.3, 0.4) is 0 Å². The molecular weight excluding hydrogens is 376 g/mol. The van der Waals surface area contributed by atoms with Crippen LogP contribution in [0.2, 0.25) is 5.02 Å². The molecule has 0 radical (unpaired) electrons. The number of anilines is 1. The quantitative estimate of drug-likeness (QED) is 0.578. The van der Waals surface area contributed by atoms with Gasteiger partial charge in [0.25, 0.3) is 5.91 Å². The number of carbonyl (C=O) groups is 2. The first-order valence-corrected chi connectivity index (χ1v) is 11.0. The van der Waals surface area contributed by atoms with Gasteiger partial charge >= 0.3 is 6.03 Å². The molecule has 3 heterocycles. The number of halogens is 1. The summed E-state index contributed by atoms with van der Waals surface area (Å²) in [6, 6.07) is 7.83. The Balaban J connectivity index is 1.17. The highest BCUT2D eigenvalue weighted by Crippen LogP contribution is 2.26. The number of hydrogen-bond acceptors (Lipinski definition) is 3. The minimum absolute atomic E-state index is 0.0344. The summed E-state index contributed by atoms with van der Waals surface area (Å²) in [7, 11) is 0. The third-order valence-electron chi connectivity index (χ3n) is 6.34. The molecule has 0 unspecified atom stereocenters. The fourth-order valence-electron chi connectivity index (χ4n) is 4.70. The zero-order valence-corrected chi connectivity index (χ0v) is 17.2. The highest BCUT2D eigenvalue weighted by Gasteiger charge is 2.45. The number of quaternary nitrogens is 1. The van der Waals surface area contributed by atoms with Gasteiger partial charge in [0.2, 0.25) is 0 Å². The Morgan fingerprint density at radius 3 is 2.64 bits per heavy atom. The van der Waals surface area contributed by atoms with E-state index >= 15 is 0 Å². The van der Waals surface area contributed by atoms with Gasteiger partial charge in [-0.2, -0.15) is 0 Å². The zero-order valence-electron chi connectivity index (χ0n) is 16.4. The number of nitrogens with zero attached hydrogens (tertiary/aromatic N) is 3. The standard InChI is InChI=1S/C21H29ClN4O2/c22-17-6-5-7-18(16-17)24-14-12-23(13-15-24)9-3-4-11-26-20(27)19-8-1-2-10-25(19)21(26)28/h5-7,16,19H,1-4,8-15H2/p+1/t19-/m0/s1. The van der Waals surface area contributed by atoms with Crippen molar-refractivity contribution in [1.29, 1.82) is 0 Å². The van der Waals surface area contributed by atoms with Crippen LogP contribution < -0.4 is 9.80 Å². The molecule has 1 aromatic rings. The van der Waals surface area contributed by atoms with Gasteiger partial charge in [-0.05, 0) is 50.3 Å². The van der Waals surface area contributed by atoms with Crippen LogP contribution in [0.25, 0.3) is 0 Å². The van der Waals surface area contributed by atoms with Crippen LogP contribution >= 0.6 is 11.6 Å². The summed E-state index contributed by atoms with van der Waals surface area (Å²) in [6.07, 6.45) is 4.86. The van der Waals surface area contributed by atoms with Gasteiger partial charge in [0.1, 0.15) is 6.04 Å². The number of amides is 3. The molecule has 3 fully saturated rings. The van der Waals surface area contributed by atoms with Crippen molar-refractivity contribution < 1.29 is 14.5 Å². The van der Waals surface area contributed by atoms with E-state index in [1.165, 1.54) is 10.6 Å². The number of fused-ring (bicyclic) bond motifs is 1. The molecule has 6 nitrogen and oxygen atoms in total. The highest BCUT2D eigenvalue weighted by molar-refractivity contribution is 6.30. The molecule has 1 N–H and O–H groups in total. The zero-order chi connectivity index (χ0) is 19.5. The van der Waals surface area contributed by atoms with E-state index in [0.29, 0.717) is 6.54 Å². The van der Waals surface area contributed by atoms with Gasteiger partial charge in [-0.25, -0.2) is 4.79 Å². The van der Waals surface area contributed by atoms with E-state index in [1.807, 2.05) is 18.2 Å². The second-order valence-electron chi connectivity index (χ2n) is 8.15. The molecular formula is C21H30ClN4O2+. The number of benzene rings is 1. The van der Waals surface area contributed by atoms with Crippen molar-refractivity contribution in [3.8, 4) is 0 Å². The molecule has 0 aromatic heterocycles. The third kappa shape index (κ3) is 4.13.